The number of carbonyl (C=O) groups is 2. The van der Waals surface area contributed by atoms with Crippen molar-refractivity contribution in [2.24, 2.45) is 5.92 Å². The average molecular weight is 427 g/mol. The third-order valence-electron chi connectivity index (χ3n) is 5.44. The van der Waals surface area contributed by atoms with Gasteiger partial charge in [0.25, 0.3) is 0 Å². The van der Waals surface area contributed by atoms with Crippen LogP contribution in [0.1, 0.15) is 24.0 Å². The minimum Gasteiger partial charge on any atom is -0.352 e. The van der Waals surface area contributed by atoms with Gasteiger partial charge in [-0.1, -0.05) is 29.8 Å². The topological polar surface area (TPSA) is 49.4 Å². The van der Waals surface area contributed by atoms with E-state index in [0.29, 0.717) is 37.5 Å². The molecule has 1 atom stereocenters. The summed E-state index contributed by atoms with van der Waals surface area (Å²) < 4.78 is 1.25. The lowest BCUT2D eigenvalue weighted by atomic mass is 9.96. The van der Waals surface area contributed by atoms with Crippen molar-refractivity contribution in [2.45, 2.75) is 25.8 Å². The summed E-state index contributed by atoms with van der Waals surface area (Å²) in [5.41, 5.74) is 2.23. The minimum atomic E-state index is -0.150. The van der Waals surface area contributed by atoms with Crippen LogP contribution in [0.5, 0.6) is 0 Å². The fourth-order valence-corrected chi connectivity index (χ4v) is 4.62. The summed E-state index contributed by atoms with van der Waals surface area (Å²) in [4.78, 5) is 26.8. The van der Waals surface area contributed by atoms with Crippen molar-refractivity contribution >= 4 is 44.8 Å². The molecule has 2 amide bonds. The van der Waals surface area contributed by atoms with Gasteiger partial charge in [-0.2, -0.15) is 0 Å². The highest BCUT2D eigenvalue weighted by Gasteiger charge is 2.29. The molecule has 0 saturated carbocycles. The molecule has 150 valence electrons. The lowest BCUT2D eigenvalue weighted by molar-refractivity contribution is -0.138. The molecule has 0 radical (unpaired) electrons. The number of carbonyl (C=O) groups excluding carboxylic acids is 2. The number of benzene rings is 2. The van der Waals surface area contributed by atoms with Crippen LogP contribution in [-0.4, -0.2) is 29.8 Å². The molecule has 0 unspecified atom stereocenters. The number of hydrogen-bond donors (Lipinski definition) is 1. The molecule has 6 heteroatoms. The van der Waals surface area contributed by atoms with Crippen LogP contribution in [0.3, 0.4) is 0 Å². The van der Waals surface area contributed by atoms with Gasteiger partial charge in [-0.25, -0.2) is 0 Å². The lowest BCUT2D eigenvalue weighted by Crippen LogP contribution is -2.46. The zero-order chi connectivity index (χ0) is 20.2. The number of thiophene rings is 1. The molecule has 1 fully saturated rings. The first-order valence-electron chi connectivity index (χ1n) is 9.84. The van der Waals surface area contributed by atoms with Gasteiger partial charge < -0.3 is 10.2 Å². The zero-order valence-electron chi connectivity index (χ0n) is 16.1. The molecule has 1 aliphatic heterocycles. The zero-order valence-corrected chi connectivity index (χ0v) is 17.6. The van der Waals surface area contributed by atoms with Gasteiger partial charge in [-0.3, -0.25) is 9.59 Å². The Kier molecular flexibility index (Phi) is 6.16. The minimum absolute atomic E-state index is 0.0272. The molecule has 3 aromatic rings. The Balaban J connectivity index is 1.31. The maximum absolute atomic E-state index is 12.7. The predicted octanol–water partition coefficient (Wildman–Crippen LogP) is 4.65. The van der Waals surface area contributed by atoms with Gasteiger partial charge in [0.2, 0.25) is 11.8 Å². The third-order valence-corrected chi connectivity index (χ3v) is 6.59. The average Bonchev–Trinajstić information content (AvgIpc) is 3.20. The summed E-state index contributed by atoms with van der Waals surface area (Å²) in [6, 6.07) is 16.0. The van der Waals surface area contributed by atoms with Crippen molar-refractivity contribution in [3.05, 3.63) is 70.1 Å². The summed E-state index contributed by atoms with van der Waals surface area (Å²) in [6.07, 6.45) is 1.81. The van der Waals surface area contributed by atoms with E-state index in [2.05, 4.69) is 35.0 Å². The van der Waals surface area contributed by atoms with Crippen LogP contribution in [-0.2, 0) is 22.6 Å². The number of amides is 2. The molecular formula is C23H23ClN2O2S. The first-order chi connectivity index (χ1) is 14.1. The van der Waals surface area contributed by atoms with E-state index in [9.17, 15) is 9.59 Å². The molecule has 1 aromatic heterocycles. The summed E-state index contributed by atoms with van der Waals surface area (Å²) in [7, 11) is 0. The first kappa shape index (κ1) is 19.9. The number of hydrogen-bond acceptors (Lipinski definition) is 3. The molecule has 1 N–H and O–H groups in total. The highest BCUT2D eigenvalue weighted by molar-refractivity contribution is 7.17. The Morgan fingerprint density at radius 2 is 1.93 bits per heavy atom. The monoisotopic (exact) mass is 426 g/mol. The number of likely N-dealkylation sites (tertiary alicyclic amines) is 1. The van der Waals surface area contributed by atoms with Crippen molar-refractivity contribution in [1.29, 1.82) is 0 Å². The van der Waals surface area contributed by atoms with Crippen LogP contribution in [0, 0.1) is 5.92 Å². The highest BCUT2D eigenvalue weighted by atomic mass is 35.5. The van der Waals surface area contributed by atoms with Gasteiger partial charge in [0, 0.05) is 35.8 Å². The molecule has 0 aliphatic carbocycles. The molecule has 2 aromatic carbocycles. The number of nitrogens with one attached hydrogen (secondary N) is 1. The standard InChI is InChI=1S/C23H23ClN2O2S/c24-20-5-1-16(2-6-20)9-11-26-15-19(4-8-22(26)27)23(28)25-14-17-3-7-21-18(13-17)10-12-29-21/h1-3,5-7,10,12-13,19H,4,8-9,11,14-15H2,(H,25,28)/t19-/m0/s1. The van der Waals surface area contributed by atoms with E-state index in [1.54, 1.807) is 11.3 Å². The van der Waals surface area contributed by atoms with Crippen LogP contribution < -0.4 is 5.32 Å². The Labute approximate surface area is 179 Å². The molecule has 1 saturated heterocycles. The summed E-state index contributed by atoms with van der Waals surface area (Å²) >= 11 is 7.64. The maximum atomic E-state index is 12.7. The van der Waals surface area contributed by atoms with E-state index in [4.69, 9.17) is 11.6 Å². The number of fused-ring (bicyclic) bond motifs is 1. The quantitative estimate of drug-likeness (QED) is 0.623. The van der Waals surface area contributed by atoms with Crippen LogP contribution in [0.15, 0.2) is 53.9 Å². The number of nitrogens with zero attached hydrogens (tertiary/aromatic N) is 1. The Bertz CT molecular complexity index is 1020. The van der Waals surface area contributed by atoms with E-state index in [0.717, 1.165) is 17.5 Å². The van der Waals surface area contributed by atoms with Gasteiger partial charge in [0.05, 0.1) is 5.92 Å². The lowest BCUT2D eigenvalue weighted by Gasteiger charge is -2.32. The van der Waals surface area contributed by atoms with Gasteiger partial charge in [0.1, 0.15) is 0 Å². The highest BCUT2D eigenvalue weighted by Crippen LogP contribution is 2.22. The van der Waals surface area contributed by atoms with Gasteiger partial charge >= 0.3 is 0 Å². The fraction of sp³-hybridized carbons (Fsp3) is 0.304. The molecule has 1 aliphatic rings. The molecule has 29 heavy (non-hydrogen) atoms. The van der Waals surface area contributed by atoms with Gasteiger partial charge in [0.15, 0.2) is 0 Å². The van der Waals surface area contributed by atoms with Crippen LogP contribution >= 0.6 is 22.9 Å². The van der Waals surface area contributed by atoms with Gasteiger partial charge in [-0.05, 0) is 65.1 Å². The number of piperidine rings is 1. The van der Waals surface area contributed by atoms with E-state index < -0.39 is 0 Å². The molecule has 4 nitrogen and oxygen atoms in total. The van der Waals surface area contributed by atoms with Gasteiger partial charge in [-0.15, -0.1) is 11.3 Å². The number of rotatable bonds is 6. The molecule has 0 spiro atoms. The van der Waals surface area contributed by atoms with Crippen LogP contribution in [0.2, 0.25) is 5.02 Å². The van der Waals surface area contributed by atoms with Crippen molar-refractivity contribution in [3.8, 4) is 0 Å². The molecule has 0 bridgehead atoms. The second-order valence-electron chi connectivity index (χ2n) is 7.46. The maximum Gasteiger partial charge on any atom is 0.225 e. The molecular weight excluding hydrogens is 404 g/mol. The van der Waals surface area contributed by atoms with E-state index in [1.807, 2.05) is 29.2 Å². The van der Waals surface area contributed by atoms with Crippen LogP contribution in [0.4, 0.5) is 0 Å². The largest absolute Gasteiger partial charge is 0.352 e. The van der Waals surface area contributed by atoms with Crippen molar-refractivity contribution in [1.82, 2.24) is 10.2 Å². The second kappa shape index (κ2) is 8.97. The summed E-state index contributed by atoms with van der Waals surface area (Å²) in [6.45, 7) is 1.63. The van der Waals surface area contributed by atoms with Crippen molar-refractivity contribution < 1.29 is 9.59 Å². The molecule has 2 heterocycles. The van der Waals surface area contributed by atoms with E-state index in [-0.39, 0.29) is 17.7 Å². The second-order valence-corrected chi connectivity index (χ2v) is 8.85. The smallest absolute Gasteiger partial charge is 0.225 e. The van der Waals surface area contributed by atoms with E-state index >= 15 is 0 Å². The van der Waals surface area contributed by atoms with E-state index in [1.165, 1.54) is 10.1 Å². The van der Waals surface area contributed by atoms with Crippen molar-refractivity contribution in [2.75, 3.05) is 13.1 Å². The Hall–Kier alpha value is -2.37. The predicted molar refractivity (Wildman–Crippen MR) is 118 cm³/mol. The first-order valence-corrected chi connectivity index (χ1v) is 11.1. The summed E-state index contributed by atoms with van der Waals surface area (Å²) in [5, 5.41) is 7.04. The Morgan fingerprint density at radius 3 is 2.76 bits per heavy atom. The fourth-order valence-electron chi connectivity index (χ4n) is 3.72. The third kappa shape index (κ3) is 4.98. The van der Waals surface area contributed by atoms with Crippen molar-refractivity contribution in [3.63, 3.8) is 0 Å². The Morgan fingerprint density at radius 1 is 1.14 bits per heavy atom. The SMILES string of the molecule is O=C(NCc1ccc2sccc2c1)[C@H]1CCC(=O)N(CCc2ccc(Cl)cc2)C1. The molecule has 4 rings (SSSR count). The van der Waals surface area contributed by atoms with Crippen LogP contribution in [0.25, 0.3) is 10.1 Å². The summed E-state index contributed by atoms with van der Waals surface area (Å²) in [5.74, 6) is 0.00753. The normalized spacial score (nSPS) is 16.9. The number of halogens is 1.